The Balaban J connectivity index is 2.25. The molecule has 1 fully saturated rings. The molecule has 0 aromatic rings. The Kier molecular flexibility index (Phi) is 4.66. The van der Waals surface area contributed by atoms with Gasteiger partial charge in [-0.25, -0.2) is 4.39 Å². The highest BCUT2D eigenvalue weighted by Gasteiger charge is 2.68. The topological polar surface area (TPSA) is 0 Å². The Hall–Kier alpha value is -0.330. The van der Waals surface area contributed by atoms with E-state index >= 15 is 0 Å². The number of fused-ring (bicyclic) bond motifs is 1. The van der Waals surface area contributed by atoms with Crippen molar-refractivity contribution >= 4 is 0 Å². The first-order valence-electron chi connectivity index (χ1n) is 8.72. The molecule has 2 aliphatic carbocycles. The molecule has 0 N–H and O–H groups in total. The Morgan fingerprint density at radius 3 is 2.70 bits per heavy atom. The molecule has 0 radical (unpaired) electrons. The lowest BCUT2D eigenvalue weighted by Crippen LogP contribution is -2.25. The van der Waals surface area contributed by atoms with Gasteiger partial charge in [0.15, 0.2) is 0 Å². The van der Waals surface area contributed by atoms with Crippen LogP contribution >= 0.6 is 0 Å². The summed E-state index contributed by atoms with van der Waals surface area (Å²) >= 11 is 0. The summed E-state index contributed by atoms with van der Waals surface area (Å²) in [6.45, 7) is 11.5. The Morgan fingerprint density at radius 1 is 1.40 bits per heavy atom. The summed E-state index contributed by atoms with van der Waals surface area (Å²) in [7, 11) is 0. The minimum atomic E-state index is -0.1000. The van der Waals surface area contributed by atoms with Gasteiger partial charge in [-0.3, -0.25) is 0 Å². The van der Waals surface area contributed by atoms with Crippen molar-refractivity contribution in [2.75, 3.05) is 0 Å². The summed E-state index contributed by atoms with van der Waals surface area (Å²) in [4.78, 5) is 0. The molecule has 0 heterocycles. The van der Waals surface area contributed by atoms with E-state index in [-0.39, 0.29) is 16.7 Å². The molecule has 0 nitrogen and oxygen atoms in total. The number of allylic oxidation sites excluding steroid dienone is 2. The van der Waals surface area contributed by atoms with Gasteiger partial charge < -0.3 is 0 Å². The van der Waals surface area contributed by atoms with E-state index in [9.17, 15) is 4.39 Å². The summed E-state index contributed by atoms with van der Waals surface area (Å²) < 4.78 is 14.9. The van der Waals surface area contributed by atoms with Gasteiger partial charge in [-0.15, -0.1) is 0 Å². The lowest BCUT2D eigenvalue weighted by molar-refractivity contribution is 0.177. The fourth-order valence-corrected chi connectivity index (χ4v) is 4.63. The summed E-state index contributed by atoms with van der Waals surface area (Å²) in [6.07, 6.45) is 9.97. The van der Waals surface area contributed by atoms with Crippen LogP contribution in [0, 0.1) is 28.6 Å². The fraction of sp³-hybridized carbons (Fsp3) is 0.895. The SMILES string of the molecule is CCCC1CC(C)CC=C(F)C2(CCC(C)C)CC12C. The van der Waals surface area contributed by atoms with Crippen LogP contribution in [0.25, 0.3) is 0 Å². The molecule has 2 aliphatic rings. The van der Waals surface area contributed by atoms with Gasteiger partial charge >= 0.3 is 0 Å². The molecule has 4 unspecified atom stereocenters. The Labute approximate surface area is 125 Å². The average molecular weight is 280 g/mol. The van der Waals surface area contributed by atoms with Crippen LogP contribution in [0.2, 0.25) is 0 Å². The van der Waals surface area contributed by atoms with E-state index in [1.165, 1.54) is 19.3 Å². The van der Waals surface area contributed by atoms with Gasteiger partial charge in [0.05, 0.1) is 0 Å². The van der Waals surface area contributed by atoms with Gasteiger partial charge in [0.25, 0.3) is 0 Å². The van der Waals surface area contributed by atoms with Gasteiger partial charge in [0.2, 0.25) is 0 Å². The molecular weight excluding hydrogens is 247 g/mol. The molecule has 20 heavy (non-hydrogen) atoms. The minimum Gasteiger partial charge on any atom is -0.212 e. The summed E-state index contributed by atoms with van der Waals surface area (Å²) in [5, 5.41) is 0. The third-order valence-corrected chi connectivity index (χ3v) is 6.17. The van der Waals surface area contributed by atoms with Crippen molar-refractivity contribution in [2.24, 2.45) is 28.6 Å². The molecule has 0 aromatic heterocycles. The molecule has 0 bridgehead atoms. The first-order chi connectivity index (χ1) is 9.35. The minimum absolute atomic E-state index is 0.1000. The Morgan fingerprint density at radius 2 is 2.10 bits per heavy atom. The average Bonchev–Trinajstić information content (AvgIpc) is 3.00. The predicted octanol–water partition coefficient (Wildman–Crippen LogP) is 6.52. The zero-order valence-corrected chi connectivity index (χ0v) is 14.1. The summed E-state index contributed by atoms with van der Waals surface area (Å²) in [5.74, 6) is 2.26. The summed E-state index contributed by atoms with van der Waals surface area (Å²) in [5.41, 5.74) is 0.129. The van der Waals surface area contributed by atoms with Crippen LogP contribution < -0.4 is 0 Å². The van der Waals surface area contributed by atoms with E-state index in [0.717, 1.165) is 25.7 Å². The van der Waals surface area contributed by atoms with Gasteiger partial charge in [0.1, 0.15) is 5.83 Å². The fourth-order valence-electron chi connectivity index (χ4n) is 4.63. The van der Waals surface area contributed by atoms with Crippen LogP contribution in [0.15, 0.2) is 11.9 Å². The Bertz CT molecular complexity index is 370. The van der Waals surface area contributed by atoms with Crippen molar-refractivity contribution in [1.82, 2.24) is 0 Å². The van der Waals surface area contributed by atoms with E-state index < -0.39 is 0 Å². The predicted molar refractivity (Wildman–Crippen MR) is 85.2 cm³/mol. The molecule has 0 saturated heterocycles. The molecule has 116 valence electrons. The van der Waals surface area contributed by atoms with Gasteiger partial charge in [-0.05, 0) is 48.9 Å². The van der Waals surface area contributed by atoms with Crippen molar-refractivity contribution in [1.29, 1.82) is 0 Å². The third kappa shape index (κ3) is 2.70. The number of hydrogen-bond acceptors (Lipinski definition) is 0. The maximum atomic E-state index is 14.9. The van der Waals surface area contributed by atoms with Crippen LogP contribution in [-0.2, 0) is 0 Å². The highest BCUT2D eigenvalue weighted by atomic mass is 19.1. The number of rotatable bonds is 5. The molecule has 0 spiro atoms. The first kappa shape index (κ1) is 16.0. The monoisotopic (exact) mass is 280 g/mol. The van der Waals surface area contributed by atoms with Crippen molar-refractivity contribution in [3.63, 3.8) is 0 Å². The van der Waals surface area contributed by atoms with Gasteiger partial charge in [0, 0.05) is 5.41 Å². The maximum Gasteiger partial charge on any atom is 0.103 e. The molecule has 4 atom stereocenters. The van der Waals surface area contributed by atoms with Crippen molar-refractivity contribution < 1.29 is 4.39 Å². The highest BCUT2D eigenvalue weighted by molar-refractivity contribution is 5.28. The van der Waals surface area contributed by atoms with Gasteiger partial charge in [-0.2, -0.15) is 0 Å². The second kappa shape index (κ2) is 5.81. The maximum absolute atomic E-state index is 14.9. The summed E-state index contributed by atoms with van der Waals surface area (Å²) in [6, 6.07) is 0. The smallest absolute Gasteiger partial charge is 0.103 e. The third-order valence-electron chi connectivity index (χ3n) is 6.17. The van der Waals surface area contributed by atoms with Gasteiger partial charge in [-0.1, -0.05) is 60.0 Å². The number of halogens is 1. The van der Waals surface area contributed by atoms with Crippen LogP contribution in [0.5, 0.6) is 0 Å². The van der Waals surface area contributed by atoms with Crippen molar-refractivity contribution in [3.05, 3.63) is 11.9 Å². The quantitative estimate of drug-likeness (QED) is 0.538. The van der Waals surface area contributed by atoms with E-state index in [0.29, 0.717) is 17.8 Å². The van der Waals surface area contributed by atoms with Crippen molar-refractivity contribution in [3.8, 4) is 0 Å². The van der Waals surface area contributed by atoms with E-state index in [4.69, 9.17) is 0 Å². The lowest BCUT2D eigenvalue weighted by atomic mass is 9.72. The van der Waals surface area contributed by atoms with E-state index in [1.807, 2.05) is 6.08 Å². The zero-order chi connectivity index (χ0) is 15.0. The largest absolute Gasteiger partial charge is 0.212 e. The zero-order valence-electron chi connectivity index (χ0n) is 14.1. The number of hydrogen-bond donors (Lipinski definition) is 0. The van der Waals surface area contributed by atoms with Crippen LogP contribution in [-0.4, -0.2) is 0 Å². The second-order valence-electron chi connectivity index (χ2n) is 8.22. The highest BCUT2D eigenvalue weighted by Crippen LogP contribution is 2.75. The van der Waals surface area contributed by atoms with E-state index in [2.05, 4.69) is 34.6 Å². The molecular formula is C19H33F. The van der Waals surface area contributed by atoms with Crippen LogP contribution in [0.1, 0.15) is 79.6 Å². The second-order valence-corrected chi connectivity index (χ2v) is 8.22. The first-order valence-corrected chi connectivity index (χ1v) is 8.72. The van der Waals surface area contributed by atoms with Crippen LogP contribution in [0.3, 0.4) is 0 Å². The van der Waals surface area contributed by atoms with Crippen LogP contribution in [0.4, 0.5) is 4.39 Å². The normalized spacial score (nSPS) is 40.9. The van der Waals surface area contributed by atoms with E-state index in [1.54, 1.807) is 0 Å². The lowest BCUT2D eigenvalue weighted by Gasteiger charge is -2.34. The van der Waals surface area contributed by atoms with Crippen molar-refractivity contribution in [2.45, 2.75) is 79.6 Å². The standard InChI is InChI=1S/C19H33F/c1-6-7-16-12-15(4)8-9-17(20)19(11-10-14(2)3)13-18(16,19)5/h9,14-16H,6-8,10-13H2,1-5H3. The molecule has 1 heteroatoms. The molecule has 2 rings (SSSR count). The molecule has 1 saturated carbocycles. The molecule has 0 aromatic carbocycles. The molecule has 0 aliphatic heterocycles. The molecule has 0 amide bonds.